The maximum Gasteiger partial charge on any atom is 0.0594 e. The highest BCUT2D eigenvalue weighted by Crippen LogP contribution is 2.23. The molecule has 4 nitrogen and oxygen atoms in total. The first-order valence-electron chi connectivity index (χ1n) is 5.83. The molecule has 88 valence electrons. The van der Waals surface area contributed by atoms with E-state index in [9.17, 15) is 0 Å². The van der Waals surface area contributed by atoms with Crippen LogP contribution in [0.15, 0.2) is 24.5 Å². The van der Waals surface area contributed by atoms with Crippen LogP contribution in [-0.4, -0.2) is 42.7 Å². The fraction of sp³-hybridized carbons (Fsp3) is 0.583. The molecule has 1 unspecified atom stereocenters. The molecule has 1 saturated heterocycles. The molecule has 1 aliphatic rings. The van der Waals surface area contributed by atoms with Gasteiger partial charge in [0.1, 0.15) is 0 Å². The largest absolute Gasteiger partial charge is 0.379 e. The molecule has 0 spiro atoms. The van der Waals surface area contributed by atoms with Crippen LogP contribution >= 0.6 is 0 Å². The molecule has 2 rings (SSSR count). The van der Waals surface area contributed by atoms with E-state index in [1.165, 1.54) is 5.56 Å². The van der Waals surface area contributed by atoms with Gasteiger partial charge >= 0.3 is 0 Å². The van der Waals surface area contributed by atoms with Crippen molar-refractivity contribution in [1.82, 2.24) is 9.88 Å². The van der Waals surface area contributed by atoms with Crippen molar-refractivity contribution >= 4 is 0 Å². The molecule has 0 aromatic carbocycles. The first-order valence-corrected chi connectivity index (χ1v) is 5.83. The number of ether oxygens (including phenoxy) is 1. The molecule has 2 N–H and O–H groups in total. The molecule has 0 bridgehead atoms. The van der Waals surface area contributed by atoms with Gasteiger partial charge < -0.3 is 10.5 Å². The summed E-state index contributed by atoms with van der Waals surface area (Å²) < 4.78 is 5.38. The van der Waals surface area contributed by atoms with E-state index in [-0.39, 0.29) is 0 Å². The van der Waals surface area contributed by atoms with Crippen LogP contribution in [0, 0.1) is 0 Å². The van der Waals surface area contributed by atoms with Crippen LogP contribution in [-0.2, 0) is 4.74 Å². The highest BCUT2D eigenvalue weighted by Gasteiger charge is 2.21. The maximum atomic E-state index is 5.70. The van der Waals surface area contributed by atoms with Gasteiger partial charge in [0.2, 0.25) is 0 Å². The van der Waals surface area contributed by atoms with E-state index in [1.807, 2.05) is 12.4 Å². The molecule has 1 aromatic heterocycles. The lowest BCUT2D eigenvalue weighted by Crippen LogP contribution is -2.39. The number of hydrogen-bond acceptors (Lipinski definition) is 4. The second kappa shape index (κ2) is 5.94. The molecule has 16 heavy (non-hydrogen) atoms. The lowest BCUT2D eigenvalue weighted by molar-refractivity contribution is 0.0147. The molecule has 2 heterocycles. The average Bonchev–Trinajstić information content (AvgIpc) is 2.38. The van der Waals surface area contributed by atoms with Crippen LogP contribution in [0.4, 0.5) is 0 Å². The van der Waals surface area contributed by atoms with Gasteiger partial charge in [0, 0.05) is 31.5 Å². The van der Waals surface area contributed by atoms with Crippen LogP contribution in [0.25, 0.3) is 0 Å². The molecule has 0 amide bonds. The van der Waals surface area contributed by atoms with Crippen LogP contribution in [0.5, 0.6) is 0 Å². The van der Waals surface area contributed by atoms with Gasteiger partial charge in [0.25, 0.3) is 0 Å². The van der Waals surface area contributed by atoms with Crippen LogP contribution < -0.4 is 5.73 Å². The topological polar surface area (TPSA) is 51.4 Å². The van der Waals surface area contributed by atoms with Crippen molar-refractivity contribution in [3.8, 4) is 0 Å². The third kappa shape index (κ3) is 2.78. The Morgan fingerprint density at radius 2 is 2.00 bits per heavy atom. The van der Waals surface area contributed by atoms with E-state index in [4.69, 9.17) is 10.5 Å². The highest BCUT2D eigenvalue weighted by atomic mass is 16.5. The number of pyridine rings is 1. The van der Waals surface area contributed by atoms with Crippen molar-refractivity contribution in [1.29, 1.82) is 0 Å². The van der Waals surface area contributed by atoms with Crippen LogP contribution in [0.1, 0.15) is 18.0 Å². The third-order valence-corrected chi connectivity index (χ3v) is 3.02. The number of rotatable bonds is 4. The first-order chi connectivity index (χ1) is 7.92. The van der Waals surface area contributed by atoms with E-state index in [1.54, 1.807) is 0 Å². The SMILES string of the molecule is NCCC(c1ccncc1)N1CCOCC1. The Morgan fingerprint density at radius 1 is 1.31 bits per heavy atom. The molecule has 0 saturated carbocycles. The molecule has 4 heteroatoms. The normalized spacial score (nSPS) is 19.6. The molecule has 1 atom stereocenters. The fourth-order valence-corrected chi connectivity index (χ4v) is 2.19. The molecule has 1 aliphatic heterocycles. The zero-order valence-electron chi connectivity index (χ0n) is 9.51. The van der Waals surface area contributed by atoms with E-state index in [0.29, 0.717) is 12.6 Å². The van der Waals surface area contributed by atoms with E-state index in [0.717, 1.165) is 32.7 Å². The number of morpholine rings is 1. The number of nitrogens with two attached hydrogens (primary N) is 1. The van der Waals surface area contributed by atoms with Gasteiger partial charge in [-0.05, 0) is 30.7 Å². The zero-order valence-corrected chi connectivity index (χ0v) is 9.51. The highest BCUT2D eigenvalue weighted by molar-refractivity contribution is 5.15. The van der Waals surface area contributed by atoms with Gasteiger partial charge in [0.15, 0.2) is 0 Å². The number of aromatic nitrogens is 1. The summed E-state index contributed by atoms with van der Waals surface area (Å²) >= 11 is 0. The minimum atomic E-state index is 0.414. The lowest BCUT2D eigenvalue weighted by atomic mass is 10.0. The molecular formula is C12H19N3O. The summed E-state index contributed by atoms with van der Waals surface area (Å²) in [7, 11) is 0. The Morgan fingerprint density at radius 3 is 2.62 bits per heavy atom. The Kier molecular flexibility index (Phi) is 4.27. The van der Waals surface area contributed by atoms with Crippen molar-refractivity contribution in [2.75, 3.05) is 32.8 Å². The number of nitrogens with zero attached hydrogens (tertiary/aromatic N) is 2. The molecule has 0 radical (unpaired) electrons. The van der Waals surface area contributed by atoms with Crippen molar-refractivity contribution in [3.05, 3.63) is 30.1 Å². The lowest BCUT2D eigenvalue weighted by Gasteiger charge is -2.34. The molecular weight excluding hydrogens is 202 g/mol. The minimum absolute atomic E-state index is 0.414. The molecule has 1 aromatic rings. The Labute approximate surface area is 96.4 Å². The average molecular weight is 221 g/mol. The summed E-state index contributed by atoms with van der Waals surface area (Å²) in [6.45, 7) is 4.35. The summed E-state index contributed by atoms with van der Waals surface area (Å²) in [5.41, 5.74) is 7.01. The van der Waals surface area contributed by atoms with Crippen molar-refractivity contribution < 1.29 is 4.74 Å². The minimum Gasteiger partial charge on any atom is -0.379 e. The maximum absolute atomic E-state index is 5.70. The predicted molar refractivity (Wildman–Crippen MR) is 63.0 cm³/mol. The van der Waals surface area contributed by atoms with Gasteiger partial charge in [-0.2, -0.15) is 0 Å². The first kappa shape index (κ1) is 11.5. The second-order valence-electron chi connectivity index (χ2n) is 4.02. The van der Waals surface area contributed by atoms with Gasteiger partial charge in [-0.3, -0.25) is 9.88 Å². The summed E-state index contributed by atoms with van der Waals surface area (Å²) in [4.78, 5) is 6.51. The van der Waals surface area contributed by atoms with Gasteiger partial charge in [-0.1, -0.05) is 0 Å². The van der Waals surface area contributed by atoms with E-state index >= 15 is 0 Å². The molecule has 1 fully saturated rings. The van der Waals surface area contributed by atoms with E-state index in [2.05, 4.69) is 22.0 Å². The smallest absolute Gasteiger partial charge is 0.0594 e. The monoisotopic (exact) mass is 221 g/mol. The van der Waals surface area contributed by atoms with Crippen molar-refractivity contribution in [3.63, 3.8) is 0 Å². The second-order valence-corrected chi connectivity index (χ2v) is 4.02. The fourth-order valence-electron chi connectivity index (χ4n) is 2.19. The van der Waals surface area contributed by atoms with Crippen LogP contribution in [0.2, 0.25) is 0 Å². The Bertz CT molecular complexity index is 298. The van der Waals surface area contributed by atoms with Crippen LogP contribution in [0.3, 0.4) is 0 Å². The van der Waals surface area contributed by atoms with Crippen molar-refractivity contribution in [2.45, 2.75) is 12.5 Å². The Hall–Kier alpha value is -0.970. The summed E-state index contributed by atoms with van der Waals surface area (Å²) in [5.74, 6) is 0. The number of hydrogen-bond donors (Lipinski definition) is 1. The van der Waals surface area contributed by atoms with Crippen molar-refractivity contribution in [2.24, 2.45) is 5.73 Å². The van der Waals surface area contributed by atoms with E-state index < -0.39 is 0 Å². The standard InChI is InChI=1S/C12H19N3O/c13-4-1-12(11-2-5-14-6-3-11)15-7-9-16-10-8-15/h2-3,5-6,12H,1,4,7-10,13H2. The molecule has 0 aliphatic carbocycles. The van der Waals surface area contributed by atoms with Gasteiger partial charge in [-0.15, -0.1) is 0 Å². The third-order valence-electron chi connectivity index (χ3n) is 3.02. The summed E-state index contributed by atoms with van der Waals surface area (Å²) in [6.07, 6.45) is 4.68. The summed E-state index contributed by atoms with van der Waals surface area (Å²) in [6, 6.07) is 4.57. The zero-order chi connectivity index (χ0) is 11.2. The van der Waals surface area contributed by atoms with Gasteiger partial charge in [-0.25, -0.2) is 0 Å². The predicted octanol–water partition coefficient (Wildman–Crippen LogP) is 0.804. The summed E-state index contributed by atoms with van der Waals surface area (Å²) in [5, 5.41) is 0. The Balaban J connectivity index is 2.09. The quantitative estimate of drug-likeness (QED) is 0.817. The van der Waals surface area contributed by atoms with Gasteiger partial charge in [0.05, 0.1) is 13.2 Å².